The fourth-order valence-corrected chi connectivity index (χ4v) is 7.81. The molecule has 170 valence electrons. The van der Waals surface area contributed by atoms with E-state index >= 15 is 0 Å². The monoisotopic (exact) mass is 493 g/mol. The molecule has 2 heterocycles. The van der Waals surface area contributed by atoms with Gasteiger partial charge in [-0.05, 0) is 55.0 Å². The first kappa shape index (κ1) is 22.9. The number of rotatable bonds is 8. The molecular formula is C22H23NO6S3. The highest BCUT2D eigenvalue weighted by Crippen LogP contribution is 2.32. The van der Waals surface area contributed by atoms with Crippen LogP contribution in [0.3, 0.4) is 0 Å². The van der Waals surface area contributed by atoms with Crippen LogP contribution in [0.5, 0.6) is 5.75 Å². The van der Waals surface area contributed by atoms with E-state index in [-0.39, 0.29) is 29.4 Å². The lowest BCUT2D eigenvalue weighted by Crippen LogP contribution is -2.40. The van der Waals surface area contributed by atoms with Gasteiger partial charge in [0, 0.05) is 10.9 Å². The molecule has 7 nitrogen and oxygen atoms in total. The van der Waals surface area contributed by atoms with Crippen molar-refractivity contribution >= 4 is 31.6 Å². The summed E-state index contributed by atoms with van der Waals surface area (Å²) >= 11 is 1.43. The molecule has 4 rings (SSSR count). The van der Waals surface area contributed by atoms with Gasteiger partial charge in [-0.3, -0.25) is 0 Å². The van der Waals surface area contributed by atoms with Crippen LogP contribution < -0.4 is 4.74 Å². The van der Waals surface area contributed by atoms with E-state index in [1.54, 1.807) is 24.3 Å². The Morgan fingerprint density at radius 2 is 1.78 bits per heavy atom. The third-order valence-electron chi connectivity index (χ3n) is 5.19. The van der Waals surface area contributed by atoms with Crippen LogP contribution in [-0.4, -0.2) is 45.8 Å². The molecule has 0 aliphatic carbocycles. The molecule has 1 aliphatic heterocycles. The predicted molar refractivity (Wildman–Crippen MR) is 122 cm³/mol. The number of sulfonamides is 1. The number of methoxy groups -OCH3 is 1. The van der Waals surface area contributed by atoms with Crippen molar-refractivity contribution in [3.8, 4) is 5.75 Å². The number of benzene rings is 2. The molecule has 1 fully saturated rings. The average molecular weight is 494 g/mol. The number of nitrogens with zero attached hydrogens (tertiary/aromatic N) is 1. The topological polar surface area (TPSA) is 93.9 Å². The molecule has 0 saturated carbocycles. The summed E-state index contributed by atoms with van der Waals surface area (Å²) in [5.41, 5.74) is 0. The SMILES string of the molecule is COc1ccc(S(=O)(=O)N(Cc2ccc(Sc3ccccc3)o2)C2CCS(=O)(=O)C2)cc1. The molecule has 0 radical (unpaired) electrons. The second kappa shape index (κ2) is 9.30. The van der Waals surface area contributed by atoms with E-state index in [0.717, 1.165) is 4.90 Å². The second-order valence-electron chi connectivity index (χ2n) is 7.42. The van der Waals surface area contributed by atoms with E-state index < -0.39 is 25.9 Å². The summed E-state index contributed by atoms with van der Waals surface area (Å²) in [4.78, 5) is 1.08. The van der Waals surface area contributed by atoms with Gasteiger partial charge in [0.25, 0.3) is 0 Å². The molecule has 3 aromatic rings. The van der Waals surface area contributed by atoms with Crippen molar-refractivity contribution in [3.05, 3.63) is 72.5 Å². The quantitative estimate of drug-likeness (QED) is 0.471. The minimum Gasteiger partial charge on any atom is -0.497 e. The van der Waals surface area contributed by atoms with Gasteiger partial charge >= 0.3 is 0 Å². The van der Waals surface area contributed by atoms with Crippen molar-refractivity contribution < 1.29 is 26.0 Å². The number of sulfone groups is 1. The van der Waals surface area contributed by atoms with Crippen LogP contribution >= 0.6 is 11.8 Å². The van der Waals surface area contributed by atoms with E-state index in [0.29, 0.717) is 16.6 Å². The fraction of sp³-hybridized carbons (Fsp3) is 0.273. The highest BCUT2D eigenvalue weighted by Gasteiger charge is 2.39. The van der Waals surface area contributed by atoms with E-state index in [2.05, 4.69) is 0 Å². The molecule has 1 atom stereocenters. The summed E-state index contributed by atoms with van der Waals surface area (Å²) in [6.45, 7) is -0.0517. The maximum Gasteiger partial charge on any atom is 0.243 e. The van der Waals surface area contributed by atoms with Crippen LogP contribution in [0.4, 0.5) is 0 Å². The third kappa shape index (κ3) is 5.20. The van der Waals surface area contributed by atoms with Gasteiger partial charge in [0.2, 0.25) is 10.0 Å². The Morgan fingerprint density at radius 3 is 2.41 bits per heavy atom. The minimum atomic E-state index is -3.96. The molecule has 0 amide bonds. The van der Waals surface area contributed by atoms with Crippen molar-refractivity contribution in [2.75, 3.05) is 18.6 Å². The Kier molecular flexibility index (Phi) is 6.66. The first-order chi connectivity index (χ1) is 15.3. The lowest BCUT2D eigenvalue weighted by Gasteiger charge is -2.26. The first-order valence-corrected chi connectivity index (χ1v) is 14.0. The minimum absolute atomic E-state index is 0.0282. The van der Waals surface area contributed by atoms with Crippen molar-refractivity contribution in [2.24, 2.45) is 0 Å². The highest BCUT2D eigenvalue weighted by molar-refractivity contribution is 7.99. The number of hydrogen-bond acceptors (Lipinski definition) is 7. The van der Waals surface area contributed by atoms with Gasteiger partial charge < -0.3 is 9.15 Å². The molecule has 32 heavy (non-hydrogen) atoms. The van der Waals surface area contributed by atoms with E-state index in [1.165, 1.54) is 35.3 Å². The van der Waals surface area contributed by atoms with Crippen LogP contribution in [0.2, 0.25) is 0 Å². The van der Waals surface area contributed by atoms with E-state index in [9.17, 15) is 16.8 Å². The summed E-state index contributed by atoms with van der Waals surface area (Å²) < 4.78 is 63.4. The Morgan fingerprint density at radius 1 is 1.06 bits per heavy atom. The summed E-state index contributed by atoms with van der Waals surface area (Å²) in [5.74, 6) is 0.756. The zero-order valence-electron chi connectivity index (χ0n) is 17.4. The first-order valence-electron chi connectivity index (χ1n) is 9.95. The van der Waals surface area contributed by atoms with Crippen molar-refractivity contribution in [3.63, 3.8) is 0 Å². The van der Waals surface area contributed by atoms with Gasteiger partial charge in [-0.1, -0.05) is 30.0 Å². The van der Waals surface area contributed by atoms with Crippen LogP contribution in [0.1, 0.15) is 12.2 Å². The van der Waals surface area contributed by atoms with Crippen LogP contribution in [-0.2, 0) is 26.4 Å². The molecule has 1 aromatic heterocycles. The van der Waals surface area contributed by atoms with E-state index in [4.69, 9.17) is 9.15 Å². The molecule has 10 heteroatoms. The summed E-state index contributed by atoms with van der Waals surface area (Å²) in [6, 6.07) is 18.6. The van der Waals surface area contributed by atoms with Crippen LogP contribution in [0.15, 0.2) is 86.0 Å². The lowest BCUT2D eigenvalue weighted by atomic mass is 10.2. The van der Waals surface area contributed by atoms with Gasteiger partial charge in [0.15, 0.2) is 14.9 Å². The maximum absolute atomic E-state index is 13.5. The summed E-state index contributed by atoms with van der Waals surface area (Å²) in [7, 11) is -5.74. The predicted octanol–water partition coefficient (Wildman–Crippen LogP) is 3.82. The van der Waals surface area contributed by atoms with Crippen LogP contribution in [0, 0.1) is 0 Å². The Bertz CT molecular complexity index is 1270. The van der Waals surface area contributed by atoms with Crippen molar-refractivity contribution in [1.29, 1.82) is 0 Å². The molecule has 0 N–H and O–H groups in total. The van der Waals surface area contributed by atoms with E-state index in [1.807, 2.05) is 30.3 Å². The molecular weight excluding hydrogens is 470 g/mol. The number of hydrogen-bond donors (Lipinski definition) is 0. The van der Waals surface area contributed by atoms with Gasteiger partial charge in [0.1, 0.15) is 11.5 Å². The molecule has 1 unspecified atom stereocenters. The maximum atomic E-state index is 13.5. The average Bonchev–Trinajstić information content (AvgIpc) is 3.38. The second-order valence-corrected chi connectivity index (χ2v) is 12.6. The van der Waals surface area contributed by atoms with Crippen molar-refractivity contribution in [1.82, 2.24) is 4.31 Å². The van der Waals surface area contributed by atoms with Crippen molar-refractivity contribution in [2.45, 2.75) is 33.9 Å². The smallest absolute Gasteiger partial charge is 0.243 e. The van der Waals surface area contributed by atoms with Crippen LogP contribution in [0.25, 0.3) is 0 Å². The van der Waals surface area contributed by atoms with Gasteiger partial charge in [-0.2, -0.15) is 4.31 Å². The zero-order chi connectivity index (χ0) is 22.8. The largest absolute Gasteiger partial charge is 0.497 e. The Hall–Kier alpha value is -2.27. The van der Waals surface area contributed by atoms with Gasteiger partial charge in [-0.25, -0.2) is 16.8 Å². The molecule has 2 aromatic carbocycles. The highest BCUT2D eigenvalue weighted by atomic mass is 32.2. The van der Waals surface area contributed by atoms with Gasteiger partial charge in [-0.15, -0.1) is 0 Å². The Labute approximate surface area is 192 Å². The summed E-state index contributed by atoms with van der Waals surface area (Å²) in [5, 5.41) is 0.632. The Balaban J connectivity index is 1.61. The third-order valence-corrected chi connectivity index (χ3v) is 9.78. The van der Waals surface area contributed by atoms with Gasteiger partial charge in [0.05, 0.1) is 30.1 Å². The lowest BCUT2D eigenvalue weighted by molar-refractivity contribution is 0.296. The molecule has 0 bridgehead atoms. The number of furan rings is 1. The summed E-state index contributed by atoms with van der Waals surface area (Å²) in [6.07, 6.45) is 0.254. The normalized spacial score (nSPS) is 18.1. The molecule has 1 aliphatic rings. The fourth-order valence-electron chi connectivity index (χ4n) is 3.55. The molecule has 0 spiro atoms. The standard InChI is InChI=1S/C22H23NO6S3/c1-28-18-7-10-21(11-8-18)32(26,27)23(17-13-14-31(24,25)16-17)15-19-9-12-22(29-19)30-20-5-3-2-4-6-20/h2-12,17H,13-16H2,1H3. The number of ether oxygens (including phenoxy) is 1. The molecule has 1 saturated heterocycles. The zero-order valence-corrected chi connectivity index (χ0v) is 19.8.